The third-order valence-electron chi connectivity index (χ3n) is 4.37. The van der Waals surface area contributed by atoms with E-state index in [4.69, 9.17) is 11.6 Å². The van der Waals surface area contributed by atoms with Crippen LogP contribution in [0.15, 0.2) is 42.7 Å². The number of aromatic nitrogens is 4. The molecule has 0 N–H and O–H groups in total. The second-order valence-electron chi connectivity index (χ2n) is 6.07. The van der Waals surface area contributed by atoms with Crippen LogP contribution in [0.5, 0.6) is 0 Å². The Morgan fingerprint density at radius 3 is 2.56 bits per heavy atom. The number of amides is 1. The third-order valence-corrected chi connectivity index (χ3v) is 4.69. The lowest BCUT2D eigenvalue weighted by Gasteiger charge is -2.28. The van der Waals surface area contributed by atoms with Gasteiger partial charge < -0.3 is 14.0 Å². The van der Waals surface area contributed by atoms with Crippen molar-refractivity contribution in [1.29, 1.82) is 0 Å². The second kappa shape index (κ2) is 6.41. The predicted molar refractivity (Wildman–Crippen MR) is 90.5 cm³/mol. The van der Waals surface area contributed by atoms with Crippen LogP contribution in [0.1, 0.15) is 22.0 Å². The number of benzene rings is 1. The fourth-order valence-corrected chi connectivity index (χ4v) is 3.28. The van der Waals surface area contributed by atoms with Crippen molar-refractivity contribution >= 4 is 17.5 Å². The molecule has 2 aromatic heterocycles. The number of nitrogens with zero attached hydrogens (tertiary/aromatic N) is 5. The van der Waals surface area contributed by atoms with Crippen molar-refractivity contribution in [3.05, 3.63) is 65.0 Å². The molecule has 0 saturated heterocycles. The van der Waals surface area contributed by atoms with Crippen molar-refractivity contribution in [1.82, 2.24) is 24.2 Å². The summed E-state index contributed by atoms with van der Waals surface area (Å²) in [6.45, 7) is 0.0821. The number of rotatable bonds is 2. The lowest BCUT2D eigenvalue weighted by Crippen LogP contribution is -2.39. The summed E-state index contributed by atoms with van der Waals surface area (Å²) in [7, 11) is 0. The van der Waals surface area contributed by atoms with Crippen LogP contribution in [0.2, 0.25) is 5.02 Å². The molecule has 1 amide bonds. The molecule has 3 heterocycles. The summed E-state index contributed by atoms with van der Waals surface area (Å²) in [5.41, 5.74) is 1.04. The monoisotopic (exact) mass is 395 g/mol. The SMILES string of the molecule is O=C(c1ccc(Cl)c(-n2cccc2)c1)N1CCn2c(nnc2C(F)(F)F)C1. The van der Waals surface area contributed by atoms with Crippen LogP contribution >= 0.6 is 11.6 Å². The lowest BCUT2D eigenvalue weighted by atomic mass is 10.1. The Balaban J connectivity index is 1.60. The maximum absolute atomic E-state index is 12.9. The van der Waals surface area contributed by atoms with Gasteiger partial charge in [-0.15, -0.1) is 10.2 Å². The predicted octanol–water partition coefficient (Wildman–Crippen LogP) is 3.40. The first-order valence-electron chi connectivity index (χ1n) is 8.06. The van der Waals surface area contributed by atoms with Gasteiger partial charge in [-0.3, -0.25) is 4.79 Å². The zero-order valence-corrected chi connectivity index (χ0v) is 14.6. The molecule has 0 bridgehead atoms. The number of hydrogen-bond acceptors (Lipinski definition) is 3. The molecule has 0 aliphatic carbocycles. The molecule has 1 aliphatic heterocycles. The molecule has 0 radical (unpaired) electrons. The van der Waals surface area contributed by atoms with Crippen molar-refractivity contribution in [2.75, 3.05) is 6.54 Å². The number of carbonyl (C=O) groups excluding carboxylic acids is 1. The van der Waals surface area contributed by atoms with Gasteiger partial charge in [0.15, 0.2) is 5.82 Å². The van der Waals surface area contributed by atoms with E-state index < -0.39 is 12.0 Å². The van der Waals surface area contributed by atoms with E-state index in [0.717, 1.165) is 4.57 Å². The Morgan fingerprint density at radius 1 is 1.11 bits per heavy atom. The fourth-order valence-electron chi connectivity index (χ4n) is 3.06. The summed E-state index contributed by atoms with van der Waals surface area (Å²) in [4.78, 5) is 14.3. The summed E-state index contributed by atoms with van der Waals surface area (Å²) in [6.07, 6.45) is -0.964. The van der Waals surface area contributed by atoms with Crippen molar-refractivity contribution < 1.29 is 18.0 Å². The van der Waals surface area contributed by atoms with Crippen molar-refractivity contribution in [3.63, 3.8) is 0 Å². The minimum atomic E-state index is -4.57. The van der Waals surface area contributed by atoms with Crippen LogP contribution in [-0.4, -0.2) is 36.7 Å². The Hall–Kier alpha value is -2.81. The van der Waals surface area contributed by atoms with Gasteiger partial charge >= 0.3 is 6.18 Å². The fraction of sp³-hybridized carbons (Fsp3) is 0.235. The van der Waals surface area contributed by atoms with Crippen molar-refractivity contribution in [3.8, 4) is 5.69 Å². The average molecular weight is 396 g/mol. The molecule has 10 heteroatoms. The van der Waals surface area contributed by atoms with Gasteiger partial charge in [0.05, 0.1) is 17.3 Å². The van der Waals surface area contributed by atoms with Gasteiger partial charge in [0, 0.05) is 31.0 Å². The molecule has 0 unspecified atom stereocenters. The topological polar surface area (TPSA) is 56.0 Å². The molecule has 140 valence electrons. The number of carbonyl (C=O) groups is 1. The molecule has 27 heavy (non-hydrogen) atoms. The van der Waals surface area contributed by atoms with Crippen LogP contribution in [-0.2, 0) is 19.3 Å². The summed E-state index contributed by atoms with van der Waals surface area (Å²) < 4.78 is 41.6. The van der Waals surface area contributed by atoms with Crippen LogP contribution in [0.4, 0.5) is 13.2 Å². The quantitative estimate of drug-likeness (QED) is 0.668. The first-order valence-corrected chi connectivity index (χ1v) is 8.44. The van der Waals surface area contributed by atoms with Crippen molar-refractivity contribution in [2.24, 2.45) is 0 Å². The maximum atomic E-state index is 12.9. The molecule has 1 aromatic carbocycles. The van der Waals surface area contributed by atoms with Crippen LogP contribution in [0.25, 0.3) is 5.69 Å². The zero-order valence-electron chi connectivity index (χ0n) is 13.8. The van der Waals surface area contributed by atoms with E-state index >= 15 is 0 Å². The van der Waals surface area contributed by atoms with E-state index in [1.54, 1.807) is 35.2 Å². The number of halogens is 4. The smallest absolute Gasteiger partial charge is 0.329 e. The van der Waals surface area contributed by atoms with E-state index in [9.17, 15) is 18.0 Å². The number of hydrogen-bond donors (Lipinski definition) is 0. The summed E-state index contributed by atoms with van der Waals surface area (Å²) in [6, 6.07) is 8.54. The molecule has 0 atom stereocenters. The van der Waals surface area contributed by atoms with E-state index in [0.29, 0.717) is 16.3 Å². The molecule has 1 aliphatic rings. The summed E-state index contributed by atoms with van der Waals surface area (Å²) >= 11 is 6.22. The lowest BCUT2D eigenvalue weighted by molar-refractivity contribution is -0.147. The zero-order chi connectivity index (χ0) is 19.2. The van der Waals surface area contributed by atoms with Gasteiger partial charge in [-0.2, -0.15) is 13.2 Å². The van der Waals surface area contributed by atoms with Gasteiger partial charge in [0.25, 0.3) is 5.91 Å². The Kier molecular flexibility index (Phi) is 4.18. The van der Waals surface area contributed by atoms with E-state index in [-0.39, 0.29) is 31.4 Å². The van der Waals surface area contributed by atoms with E-state index in [1.165, 1.54) is 4.90 Å². The molecule has 4 rings (SSSR count). The average Bonchev–Trinajstić information content (AvgIpc) is 3.30. The Morgan fingerprint density at radius 2 is 1.85 bits per heavy atom. The normalized spacial score (nSPS) is 14.3. The van der Waals surface area contributed by atoms with E-state index in [2.05, 4.69) is 10.2 Å². The standard InChI is InChI=1S/C17H13ClF3N5O/c18-12-4-3-11(9-13(12)24-5-1-2-6-24)15(27)25-7-8-26-14(10-25)22-23-16(26)17(19,20)21/h1-6,9H,7-8,10H2. The van der Waals surface area contributed by atoms with Crippen LogP contribution < -0.4 is 0 Å². The van der Waals surface area contributed by atoms with Crippen LogP contribution in [0, 0.1) is 0 Å². The third kappa shape index (κ3) is 3.18. The summed E-state index contributed by atoms with van der Waals surface area (Å²) in [5, 5.41) is 7.30. The maximum Gasteiger partial charge on any atom is 0.451 e. The highest BCUT2D eigenvalue weighted by atomic mass is 35.5. The molecule has 6 nitrogen and oxygen atoms in total. The molecule has 0 fully saturated rings. The molecule has 3 aromatic rings. The highest BCUT2D eigenvalue weighted by Crippen LogP contribution is 2.30. The Labute approximate surface area is 156 Å². The first kappa shape index (κ1) is 17.6. The van der Waals surface area contributed by atoms with Crippen LogP contribution in [0.3, 0.4) is 0 Å². The minimum absolute atomic E-state index is 0.0129. The minimum Gasteiger partial charge on any atom is -0.329 e. The van der Waals surface area contributed by atoms with Crippen molar-refractivity contribution in [2.45, 2.75) is 19.3 Å². The van der Waals surface area contributed by atoms with E-state index in [1.807, 2.05) is 12.1 Å². The Bertz CT molecular complexity index is 997. The van der Waals surface area contributed by atoms with Gasteiger partial charge in [-0.25, -0.2) is 0 Å². The van der Waals surface area contributed by atoms with Gasteiger partial charge in [-0.05, 0) is 30.3 Å². The molecule has 0 spiro atoms. The highest BCUT2D eigenvalue weighted by Gasteiger charge is 2.40. The molecular weight excluding hydrogens is 383 g/mol. The largest absolute Gasteiger partial charge is 0.451 e. The highest BCUT2D eigenvalue weighted by molar-refractivity contribution is 6.32. The van der Waals surface area contributed by atoms with Gasteiger partial charge in [0.2, 0.25) is 5.82 Å². The van der Waals surface area contributed by atoms with Gasteiger partial charge in [0.1, 0.15) is 0 Å². The number of fused-ring (bicyclic) bond motifs is 1. The second-order valence-corrected chi connectivity index (χ2v) is 6.48. The van der Waals surface area contributed by atoms with Gasteiger partial charge in [-0.1, -0.05) is 11.6 Å². The molecule has 0 saturated carbocycles. The number of alkyl halides is 3. The first-order chi connectivity index (χ1) is 12.8. The summed E-state index contributed by atoms with van der Waals surface area (Å²) in [5.74, 6) is -1.23. The molecular formula is C17H13ClF3N5O.